The number of Topliss-reactive ketones (excluding diaryl/α,β-unsaturated/α-hetero) is 1. The lowest BCUT2D eigenvalue weighted by molar-refractivity contribution is -0.384. The van der Waals surface area contributed by atoms with Gasteiger partial charge in [-0.1, -0.05) is 17.4 Å². The number of carbonyl (C=O) groups is 2. The number of aliphatic hydroxyl groups is 1. The summed E-state index contributed by atoms with van der Waals surface area (Å²) in [6, 6.07) is 15.0. The average Bonchev–Trinajstić information content (AvgIpc) is 3.43. The molecule has 4 aromatic rings. The maximum absolute atomic E-state index is 13.4. The summed E-state index contributed by atoms with van der Waals surface area (Å²) in [5.74, 6) is -1.47. The number of benzene rings is 3. The fourth-order valence-corrected chi connectivity index (χ4v) is 5.79. The van der Waals surface area contributed by atoms with Gasteiger partial charge in [0.25, 0.3) is 11.5 Å². The van der Waals surface area contributed by atoms with Crippen LogP contribution < -0.4 is 9.64 Å². The lowest BCUT2D eigenvalue weighted by Gasteiger charge is -2.22. The van der Waals surface area contributed by atoms with Crippen LogP contribution in [0, 0.1) is 24.0 Å². The highest BCUT2D eigenvalue weighted by Crippen LogP contribution is 2.45. The van der Waals surface area contributed by atoms with Crippen molar-refractivity contribution in [2.75, 3.05) is 11.5 Å². The number of non-ortho nitro benzene ring substituents is 1. The second kappa shape index (κ2) is 9.71. The van der Waals surface area contributed by atoms with Crippen molar-refractivity contribution in [3.63, 3.8) is 0 Å². The number of hydrogen-bond donors (Lipinski definition) is 1. The van der Waals surface area contributed by atoms with E-state index in [0.29, 0.717) is 34.1 Å². The first kappa shape index (κ1) is 25.1. The zero-order valence-electron chi connectivity index (χ0n) is 20.8. The molecule has 2 heterocycles. The van der Waals surface area contributed by atoms with E-state index in [2.05, 4.69) is 4.98 Å². The molecule has 5 rings (SSSR count). The summed E-state index contributed by atoms with van der Waals surface area (Å²) in [7, 11) is 0. The topological polar surface area (TPSA) is 123 Å². The number of thiazole rings is 1. The third-order valence-corrected chi connectivity index (χ3v) is 7.33. The number of aryl methyl sites for hydroxylation is 2. The Morgan fingerprint density at radius 2 is 1.79 bits per heavy atom. The van der Waals surface area contributed by atoms with E-state index in [1.165, 1.54) is 40.5 Å². The van der Waals surface area contributed by atoms with Gasteiger partial charge in [0.05, 0.1) is 33.4 Å². The van der Waals surface area contributed by atoms with Crippen LogP contribution >= 0.6 is 11.3 Å². The average molecular weight is 530 g/mol. The number of anilines is 1. The summed E-state index contributed by atoms with van der Waals surface area (Å²) in [5, 5.41) is 22.8. The third-order valence-electron chi connectivity index (χ3n) is 6.33. The number of ketones is 1. The van der Waals surface area contributed by atoms with Gasteiger partial charge < -0.3 is 9.84 Å². The quantitative estimate of drug-likeness (QED) is 0.109. The van der Waals surface area contributed by atoms with Crippen molar-refractivity contribution in [3.05, 3.63) is 98.6 Å². The van der Waals surface area contributed by atoms with Crippen molar-refractivity contribution >= 4 is 49.8 Å². The molecule has 1 fully saturated rings. The second-order valence-electron chi connectivity index (χ2n) is 8.90. The fraction of sp³-hybridized carbons (Fsp3) is 0.179. The molecular formula is C28H23N3O6S. The van der Waals surface area contributed by atoms with Gasteiger partial charge in [0.2, 0.25) is 0 Å². The zero-order chi connectivity index (χ0) is 27.1. The summed E-state index contributed by atoms with van der Waals surface area (Å²) >= 11 is 1.26. The van der Waals surface area contributed by atoms with Gasteiger partial charge in [-0.05, 0) is 79.9 Å². The van der Waals surface area contributed by atoms with E-state index in [0.717, 1.165) is 15.8 Å². The van der Waals surface area contributed by atoms with Gasteiger partial charge in [-0.25, -0.2) is 4.98 Å². The third kappa shape index (κ3) is 4.28. The lowest BCUT2D eigenvalue weighted by Crippen LogP contribution is -2.29. The van der Waals surface area contributed by atoms with E-state index in [-0.39, 0.29) is 17.0 Å². The van der Waals surface area contributed by atoms with E-state index in [1.807, 2.05) is 32.9 Å². The Bertz CT molecular complexity index is 1620. The summed E-state index contributed by atoms with van der Waals surface area (Å²) in [6.45, 7) is 6.21. The number of fused-ring (bicyclic) bond motifs is 1. The molecule has 1 aliphatic rings. The fourth-order valence-electron chi connectivity index (χ4n) is 4.62. The number of rotatable bonds is 6. The summed E-state index contributed by atoms with van der Waals surface area (Å²) < 4.78 is 6.31. The number of aliphatic hydroxyl groups excluding tert-OH is 1. The molecule has 1 saturated heterocycles. The number of nitrogens with zero attached hydrogens (tertiary/aromatic N) is 3. The van der Waals surface area contributed by atoms with Crippen LogP contribution in [0.25, 0.3) is 16.0 Å². The van der Waals surface area contributed by atoms with Gasteiger partial charge in [-0.3, -0.25) is 24.6 Å². The Morgan fingerprint density at radius 3 is 2.42 bits per heavy atom. The number of aromatic nitrogens is 1. The van der Waals surface area contributed by atoms with Crippen LogP contribution in [-0.2, 0) is 9.59 Å². The second-order valence-corrected chi connectivity index (χ2v) is 9.91. The molecule has 9 nitrogen and oxygen atoms in total. The first-order valence-corrected chi connectivity index (χ1v) is 12.7. The van der Waals surface area contributed by atoms with Crippen LogP contribution in [0.1, 0.15) is 35.2 Å². The number of nitro groups is 1. The first-order chi connectivity index (χ1) is 18.2. The van der Waals surface area contributed by atoms with Gasteiger partial charge in [0, 0.05) is 17.7 Å². The molecule has 0 spiro atoms. The van der Waals surface area contributed by atoms with Crippen molar-refractivity contribution in [2.24, 2.45) is 0 Å². The molecule has 3 aromatic carbocycles. The van der Waals surface area contributed by atoms with E-state index >= 15 is 0 Å². The molecule has 1 unspecified atom stereocenters. The standard InChI is InChI=1S/C28H23N3O6S/c1-4-37-20-11-7-18(8-12-20)25(32)22-24(17-5-9-19(10-6-17)31(35)36)30(27(34)26(22)33)28-29-23-16(3)13-15(2)14-21(23)38-28/h5-14,24,32H,4H2,1-3H3/b25-22+. The predicted molar refractivity (Wildman–Crippen MR) is 145 cm³/mol. The molecule has 1 aliphatic heterocycles. The van der Waals surface area contributed by atoms with E-state index < -0.39 is 22.7 Å². The number of nitro benzene ring substituents is 1. The van der Waals surface area contributed by atoms with Crippen molar-refractivity contribution in [3.8, 4) is 5.75 Å². The number of hydrogen-bond acceptors (Lipinski definition) is 8. The molecule has 0 bridgehead atoms. The molecule has 1 amide bonds. The summed E-state index contributed by atoms with van der Waals surface area (Å²) in [4.78, 5) is 43.5. The molecule has 0 radical (unpaired) electrons. The minimum atomic E-state index is -1.04. The highest BCUT2D eigenvalue weighted by molar-refractivity contribution is 7.22. The Morgan fingerprint density at radius 1 is 1.11 bits per heavy atom. The smallest absolute Gasteiger partial charge is 0.301 e. The highest BCUT2D eigenvalue weighted by Gasteiger charge is 2.48. The van der Waals surface area contributed by atoms with Gasteiger partial charge in [0.15, 0.2) is 5.13 Å². The molecule has 192 valence electrons. The first-order valence-electron chi connectivity index (χ1n) is 11.9. The molecule has 0 saturated carbocycles. The molecule has 1 N–H and O–H groups in total. The summed E-state index contributed by atoms with van der Waals surface area (Å²) in [5.41, 5.74) is 3.17. The minimum absolute atomic E-state index is 0.125. The van der Waals surface area contributed by atoms with Gasteiger partial charge in [0.1, 0.15) is 11.5 Å². The molecular weight excluding hydrogens is 506 g/mol. The largest absolute Gasteiger partial charge is 0.507 e. The summed E-state index contributed by atoms with van der Waals surface area (Å²) in [6.07, 6.45) is 0. The van der Waals surface area contributed by atoms with Crippen molar-refractivity contribution < 1.29 is 24.4 Å². The number of amides is 1. The van der Waals surface area contributed by atoms with E-state index in [4.69, 9.17) is 4.74 Å². The molecule has 1 aromatic heterocycles. The van der Waals surface area contributed by atoms with Gasteiger partial charge in [-0.15, -0.1) is 0 Å². The van der Waals surface area contributed by atoms with Crippen molar-refractivity contribution in [2.45, 2.75) is 26.8 Å². The molecule has 10 heteroatoms. The van der Waals surface area contributed by atoms with E-state index in [9.17, 15) is 24.8 Å². The van der Waals surface area contributed by atoms with E-state index in [1.54, 1.807) is 24.3 Å². The van der Waals surface area contributed by atoms with Crippen LogP contribution in [0.5, 0.6) is 5.75 Å². The number of ether oxygens (including phenoxy) is 1. The van der Waals surface area contributed by atoms with Crippen molar-refractivity contribution in [1.82, 2.24) is 4.98 Å². The Labute approximate surface area is 221 Å². The molecule has 0 aliphatic carbocycles. The van der Waals surface area contributed by atoms with Gasteiger partial charge >= 0.3 is 5.91 Å². The highest BCUT2D eigenvalue weighted by atomic mass is 32.1. The Balaban J connectivity index is 1.70. The van der Waals surface area contributed by atoms with Crippen LogP contribution in [0.2, 0.25) is 0 Å². The normalized spacial score (nSPS) is 16.8. The van der Waals surface area contributed by atoms with Crippen LogP contribution in [0.3, 0.4) is 0 Å². The predicted octanol–water partition coefficient (Wildman–Crippen LogP) is 5.85. The monoisotopic (exact) mass is 529 g/mol. The maximum atomic E-state index is 13.4. The van der Waals surface area contributed by atoms with Crippen LogP contribution in [0.4, 0.5) is 10.8 Å². The molecule has 38 heavy (non-hydrogen) atoms. The molecule has 1 atom stereocenters. The Kier molecular flexibility index (Phi) is 6.41. The van der Waals surface area contributed by atoms with Crippen LogP contribution in [-0.4, -0.2) is 33.3 Å². The van der Waals surface area contributed by atoms with Gasteiger partial charge in [-0.2, -0.15) is 0 Å². The maximum Gasteiger partial charge on any atom is 0.301 e. The Hall–Kier alpha value is -4.57. The lowest BCUT2D eigenvalue weighted by atomic mass is 9.95. The van der Waals surface area contributed by atoms with Crippen LogP contribution in [0.15, 0.2) is 66.2 Å². The number of carbonyl (C=O) groups excluding carboxylic acids is 2. The minimum Gasteiger partial charge on any atom is -0.507 e. The SMILES string of the molecule is CCOc1ccc(/C(O)=C2\C(=O)C(=O)N(c3nc4c(C)cc(C)cc4s3)C2c2ccc([N+](=O)[O-])cc2)cc1. The van der Waals surface area contributed by atoms with Crippen molar-refractivity contribution in [1.29, 1.82) is 0 Å². The zero-order valence-corrected chi connectivity index (χ0v) is 21.6.